The van der Waals surface area contributed by atoms with Crippen LogP contribution in [-0.2, 0) is 17.1 Å². The molecule has 0 radical (unpaired) electrons. The SMILES string of the molecule is Cn1cnc(S(=O)(=O)N2CCN(C3(CCC(=O)c4c(F)cccc4F)CCCCC3)CC2)c1. The van der Waals surface area contributed by atoms with E-state index in [-0.39, 0.29) is 17.0 Å². The highest BCUT2D eigenvalue weighted by molar-refractivity contribution is 7.89. The second-order valence-electron chi connectivity index (χ2n) is 9.07. The number of nitrogens with zero attached hydrogens (tertiary/aromatic N) is 4. The molecule has 7 nitrogen and oxygen atoms in total. The first-order chi connectivity index (χ1) is 15.7. The van der Waals surface area contributed by atoms with Crippen LogP contribution < -0.4 is 0 Å². The van der Waals surface area contributed by atoms with Crippen LogP contribution in [0.5, 0.6) is 0 Å². The fourth-order valence-corrected chi connectivity index (χ4v) is 6.62. The normalized spacial score (nSPS) is 20.1. The van der Waals surface area contributed by atoms with Gasteiger partial charge in [0.2, 0.25) is 0 Å². The summed E-state index contributed by atoms with van der Waals surface area (Å²) < 4.78 is 57.0. The van der Waals surface area contributed by atoms with Gasteiger partial charge in [-0.3, -0.25) is 9.69 Å². The van der Waals surface area contributed by atoms with Gasteiger partial charge >= 0.3 is 0 Å². The zero-order valence-electron chi connectivity index (χ0n) is 18.8. The number of carbonyl (C=O) groups excluding carboxylic acids is 1. The molecule has 1 aliphatic carbocycles. The standard InChI is InChI=1S/C23H30F2N4O3S/c1-27-16-21(26-17-27)33(31,32)29-14-12-28(13-15-29)23(9-3-2-4-10-23)11-8-20(30)22-18(24)6-5-7-19(22)25/h5-7,16-17H,2-4,8-15H2,1H3. The molecule has 0 bridgehead atoms. The van der Waals surface area contributed by atoms with E-state index in [0.717, 1.165) is 44.2 Å². The van der Waals surface area contributed by atoms with Crippen LogP contribution in [-0.4, -0.2) is 64.7 Å². The van der Waals surface area contributed by atoms with E-state index >= 15 is 0 Å². The molecule has 33 heavy (non-hydrogen) atoms. The van der Waals surface area contributed by atoms with Gasteiger partial charge in [0.25, 0.3) is 10.0 Å². The summed E-state index contributed by atoms with van der Waals surface area (Å²) in [6, 6.07) is 3.46. The van der Waals surface area contributed by atoms with Gasteiger partial charge in [0.15, 0.2) is 10.8 Å². The Morgan fingerprint density at radius 3 is 2.27 bits per heavy atom. The molecule has 2 aromatic rings. The lowest BCUT2D eigenvalue weighted by Gasteiger charge is -2.49. The minimum atomic E-state index is -3.65. The van der Waals surface area contributed by atoms with Crippen molar-refractivity contribution in [1.82, 2.24) is 18.8 Å². The lowest BCUT2D eigenvalue weighted by molar-refractivity contribution is 0.0164. The number of carbonyl (C=O) groups is 1. The summed E-state index contributed by atoms with van der Waals surface area (Å²) in [6.45, 7) is 1.79. The van der Waals surface area contributed by atoms with E-state index in [4.69, 9.17) is 0 Å². The maximum absolute atomic E-state index is 14.1. The average molecular weight is 481 g/mol. The van der Waals surface area contributed by atoms with Crippen LogP contribution in [0.25, 0.3) is 0 Å². The Bertz CT molecular complexity index is 1080. The highest BCUT2D eigenvalue weighted by Crippen LogP contribution is 2.39. The summed E-state index contributed by atoms with van der Waals surface area (Å²) in [5, 5.41) is 0.0448. The third-order valence-electron chi connectivity index (χ3n) is 7.04. The Morgan fingerprint density at radius 1 is 1.06 bits per heavy atom. The lowest BCUT2D eigenvalue weighted by atomic mass is 9.76. The quantitative estimate of drug-likeness (QED) is 0.568. The number of ketones is 1. The van der Waals surface area contributed by atoms with Crippen LogP contribution >= 0.6 is 0 Å². The summed E-state index contributed by atoms with van der Waals surface area (Å²) in [4.78, 5) is 19.0. The zero-order valence-corrected chi connectivity index (χ0v) is 19.7. The molecule has 0 N–H and O–H groups in total. The molecule has 2 aliphatic rings. The van der Waals surface area contributed by atoms with Crippen LogP contribution in [0.4, 0.5) is 8.78 Å². The highest BCUT2D eigenvalue weighted by Gasteiger charge is 2.41. The van der Waals surface area contributed by atoms with E-state index in [2.05, 4.69) is 9.88 Å². The number of aryl methyl sites for hydroxylation is 1. The number of piperazine rings is 1. The van der Waals surface area contributed by atoms with Crippen molar-refractivity contribution in [2.75, 3.05) is 26.2 Å². The van der Waals surface area contributed by atoms with E-state index in [9.17, 15) is 22.0 Å². The first-order valence-electron chi connectivity index (χ1n) is 11.4. The van der Waals surface area contributed by atoms with Crippen molar-refractivity contribution < 1.29 is 22.0 Å². The Morgan fingerprint density at radius 2 is 1.70 bits per heavy atom. The summed E-state index contributed by atoms with van der Waals surface area (Å²) in [5.74, 6) is -2.18. The third kappa shape index (κ3) is 4.88. The maximum atomic E-state index is 14.1. The number of aromatic nitrogens is 2. The van der Waals surface area contributed by atoms with E-state index in [1.807, 2.05) is 0 Å². The van der Waals surface area contributed by atoms with Gasteiger partial charge in [0, 0.05) is 51.4 Å². The Hall–Kier alpha value is -2.17. The molecule has 1 saturated carbocycles. The van der Waals surface area contributed by atoms with Crippen molar-refractivity contribution in [3.63, 3.8) is 0 Å². The van der Waals surface area contributed by atoms with Crippen molar-refractivity contribution in [2.45, 2.75) is 55.5 Å². The van der Waals surface area contributed by atoms with Gasteiger partial charge in [-0.1, -0.05) is 25.3 Å². The third-order valence-corrected chi connectivity index (χ3v) is 8.82. The number of imidazole rings is 1. The first-order valence-corrected chi connectivity index (χ1v) is 12.9. The lowest BCUT2D eigenvalue weighted by Crippen LogP contribution is -2.58. The summed E-state index contributed by atoms with van der Waals surface area (Å²) >= 11 is 0. The fraction of sp³-hybridized carbons (Fsp3) is 0.565. The largest absolute Gasteiger partial charge is 0.339 e. The second-order valence-corrected chi connectivity index (χ2v) is 11.0. The average Bonchev–Trinajstić information content (AvgIpc) is 3.25. The summed E-state index contributed by atoms with van der Waals surface area (Å²) in [7, 11) is -1.92. The molecular weight excluding hydrogens is 450 g/mol. The summed E-state index contributed by atoms with van der Waals surface area (Å²) in [6.07, 6.45) is 8.49. The Kier molecular flexibility index (Phi) is 6.97. The van der Waals surface area contributed by atoms with E-state index in [1.54, 1.807) is 11.6 Å². The van der Waals surface area contributed by atoms with Crippen molar-refractivity contribution in [1.29, 1.82) is 0 Å². The number of halogens is 2. The van der Waals surface area contributed by atoms with E-state index in [0.29, 0.717) is 32.6 Å². The molecular formula is C23H30F2N4O3S. The Labute approximate surface area is 193 Å². The summed E-state index contributed by atoms with van der Waals surface area (Å²) in [5.41, 5.74) is -0.717. The molecule has 0 spiro atoms. The van der Waals surface area contributed by atoms with Gasteiger partial charge in [-0.2, -0.15) is 4.31 Å². The van der Waals surface area contributed by atoms with Gasteiger partial charge < -0.3 is 4.57 Å². The predicted molar refractivity (Wildman–Crippen MR) is 119 cm³/mol. The topological polar surface area (TPSA) is 75.5 Å². The van der Waals surface area contributed by atoms with Gasteiger partial charge in [-0.25, -0.2) is 22.2 Å². The molecule has 1 aromatic heterocycles. The number of benzene rings is 1. The monoisotopic (exact) mass is 480 g/mol. The van der Waals surface area contributed by atoms with Crippen molar-refractivity contribution in [3.05, 3.63) is 47.9 Å². The van der Waals surface area contributed by atoms with E-state index in [1.165, 1.54) is 22.9 Å². The molecule has 1 aliphatic heterocycles. The van der Waals surface area contributed by atoms with Crippen LogP contribution in [0.3, 0.4) is 0 Å². The molecule has 0 atom stereocenters. The van der Waals surface area contributed by atoms with Crippen LogP contribution in [0, 0.1) is 11.6 Å². The molecule has 0 unspecified atom stereocenters. The van der Waals surface area contributed by atoms with Gasteiger partial charge in [0.05, 0.1) is 11.9 Å². The molecule has 1 saturated heterocycles. The van der Waals surface area contributed by atoms with Crippen molar-refractivity contribution >= 4 is 15.8 Å². The second kappa shape index (κ2) is 9.60. The molecule has 1 aromatic carbocycles. The minimum absolute atomic E-state index is 0.0448. The van der Waals surface area contributed by atoms with Gasteiger partial charge in [0.1, 0.15) is 11.6 Å². The van der Waals surface area contributed by atoms with Gasteiger partial charge in [-0.15, -0.1) is 0 Å². The van der Waals surface area contributed by atoms with E-state index < -0.39 is 33.0 Å². The molecule has 4 rings (SSSR count). The van der Waals surface area contributed by atoms with Crippen molar-refractivity contribution in [3.8, 4) is 0 Å². The number of rotatable bonds is 7. The maximum Gasteiger partial charge on any atom is 0.262 e. The number of sulfonamides is 1. The molecule has 2 fully saturated rings. The highest BCUT2D eigenvalue weighted by atomic mass is 32.2. The van der Waals surface area contributed by atoms with Crippen molar-refractivity contribution in [2.24, 2.45) is 7.05 Å². The number of Topliss-reactive ketones (excluding diaryl/α,β-unsaturated/α-hetero) is 1. The molecule has 180 valence electrons. The number of hydrogen-bond acceptors (Lipinski definition) is 5. The zero-order chi connectivity index (χ0) is 23.6. The van der Waals surface area contributed by atoms with Crippen LogP contribution in [0.15, 0.2) is 35.7 Å². The fourth-order valence-electron chi connectivity index (χ4n) is 5.23. The van der Waals surface area contributed by atoms with Crippen LogP contribution in [0.2, 0.25) is 0 Å². The first kappa shape index (κ1) is 24.0. The number of hydrogen-bond donors (Lipinski definition) is 0. The smallest absolute Gasteiger partial charge is 0.262 e. The molecule has 2 heterocycles. The molecule has 0 amide bonds. The predicted octanol–water partition coefficient (Wildman–Crippen LogP) is 3.37. The minimum Gasteiger partial charge on any atom is -0.339 e. The van der Waals surface area contributed by atoms with Gasteiger partial charge in [-0.05, 0) is 31.4 Å². The molecule has 10 heteroatoms. The Balaban J connectivity index is 1.45. The van der Waals surface area contributed by atoms with Crippen LogP contribution in [0.1, 0.15) is 55.3 Å².